The monoisotopic (exact) mass is 466 g/mol. The normalized spacial score (nSPS) is 24.5. The molecule has 6 nitrogen and oxygen atoms in total. The Morgan fingerprint density at radius 1 is 1.15 bits per heavy atom. The molecular weight excluding hydrogens is 450 g/mol. The number of halogens is 6. The van der Waals surface area contributed by atoms with Crippen LogP contribution in [0.2, 0.25) is 0 Å². The van der Waals surface area contributed by atoms with Crippen molar-refractivity contribution in [2.24, 2.45) is 22.6 Å². The highest BCUT2D eigenvalue weighted by Gasteiger charge is 2.62. The Morgan fingerprint density at radius 3 is 2.67 bits per heavy atom. The molecule has 2 aliphatic rings. The summed E-state index contributed by atoms with van der Waals surface area (Å²) in [6, 6.07) is 4.79. The van der Waals surface area contributed by atoms with Crippen molar-refractivity contribution in [1.29, 1.82) is 0 Å². The number of rotatable bonds is 4. The van der Waals surface area contributed by atoms with Gasteiger partial charge < -0.3 is 11.1 Å². The smallest absolute Gasteiger partial charge is 0.387 e. The number of alkyl halides is 5. The van der Waals surface area contributed by atoms with Gasteiger partial charge in [-0.2, -0.15) is 13.2 Å². The zero-order chi connectivity index (χ0) is 23.5. The average molecular weight is 466 g/mol. The van der Waals surface area contributed by atoms with Gasteiger partial charge in [0, 0.05) is 23.9 Å². The third-order valence-electron chi connectivity index (χ3n) is 6.03. The van der Waals surface area contributed by atoms with Gasteiger partial charge in [-0.25, -0.2) is 28.1 Å². The van der Waals surface area contributed by atoms with Gasteiger partial charge >= 0.3 is 6.18 Å². The van der Waals surface area contributed by atoms with Crippen LogP contribution in [0.5, 0.6) is 0 Å². The standard InChI is InChI=1S/C21H16F6N6/c22-13-2-1-10(7-12(13)20(19(23)24)11-5-9(11)6-16(28)33-20)31-18-17-14(3-4-29-18)32-15(8-30-17)21(25,26)27/h1-4,7-9,11,19H,5-6H2,(H2,28,33)(H,29,31)/t9-,11-,20-/m0/s1. The second-order valence-corrected chi connectivity index (χ2v) is 8.14. The minimum Gasteiger partial charge on any atom is -0.387 e. The van der Waals surface area contributed by atoms with Crippen molar-refractivity contribution in [1.82, 2.24) is 15.0 Å². The summed E-state index contributed by atoms with van der Waals surface area (Å²) in [5.74, 6) is -1.38. The molecule has 33 heavy (non-hydrogen) atoms. The molecule has 12 heteroatoms. The largest absolute Gasteiger partial charge is 0.434 e. The van der Waals surface area contributed by atoms with Gasteiger partial charge in [-0.3, -0.25) is 4.99 Å². The zero-order valence-corrected chi connectivity index (χ0v) is 16.7. The van der Waals surface area contributed by atoms with E-state index in [0.717, 1.165) is 6.07 Å². The van der Waals surface area contributed by atoms with Crippen LogP contribution in [-0.2, 0) is 11.7 Å². The predicted octanol–water partition coefficient (Wildman–Crippen LogP) is 4.78. The maximum absolute atomic E-state index is 14.8. The van der Waals surface area contributed by atoms with Crippen LogP contribution in [0, 0.1) is 17.7 Å². The topological polar surface area (TPSA) is 89.1 Å². The van der Waals surface area contributed by atoms with Crippen molar-refractivity contribution < 1.29 is 26.3 Å². The minimum absolute atomic E-state index is 0.0298. The fraction of sp³-hybridized carbons (Fsp3) is 0.333. The van der Waals surface area contributed by atoms with Gasteiger partial charge in [0.05, 0.1) is 17.5 Å². The second-order valence-electron chi connectivity index (χ2n) is 8.14. The minimum atomic E-state index is -4.67. The van der Waals surface area contributed by atoms with Gasteiger partial charge in [-0.1, -0.05) is 0 Å². The first-order chi connectivity index (χ1) is 15.6. The van der Waals surface area contributed by atoms with Crippen molar-refractivity contribution in [3.05, 3.63) is 53.7 Å². The summed E-state index contributed by atoms with van der Waals surface area (Å²) in [7, 11) is 0. The summed E-state index contributed by atoms with van der Waals surface area (Å²) < 4.78 is 82.3. The Morgan fingerprint density at radius 2 is 1.94 bits per heavy atom. The van der Waals surface area contributed by atoms with Crippen LogP contribution in [0.4, 0.5) is 37.8 Å². The molecule has 1 aliphatic heterocycles. The Labute approximate surface area is 183 Å². The van der Waals surface area contributed by atoms with E-state index in [2.05, 4.69) is 25.3 Å². The molecule has 0 radical (unpaired) electrons. The predicted molar refractivity (Wildman–Crippen MR) is 108 cm³/mol. The molecule has 3 heterocycles. The highest BCUT2D eigenvalue weighted by molar-refractivity contribution is 5.87. The summed E-state index contributed by atoms with van der Waals surface area (Å²) in [5, 5.41) is 2.82. The molecule has 0 unspecified atom stereocenters. The number of aromatic nitrogens is 3. The molecule has 1 aromatic carbocycles. The number of nitrogens with one attached hydrogen (secondary N) is 1. The Hall–Kier alpha value is -3.44. The lowest BCUT2D eigenvalue weighted by molar-refractivity contribution is -0.141. The number of pyridine rings is 1. The highest BCUT2D eigenvalue weighted by atomic mass is 19.4. The van der Waals surface area contributed by atoms with Crippen LogP contribution in [-0.4, -0.2) is 27.2 Å². The molecule has 0 spiro atoms. The first-order valence-electron chi connectivity index (χ1n) is 9.98. The van der Waals surface area contributed by atoms with Crippen molar-refractivity contribution in [3.8, 4) is 0 Å². The van der Waals surface area contributed by atoms with E-state index in [0.29, 0.717) is 19.0 Å². The fourth-order valence-corrected chi connectivity index (χ4v) is 4.46. The van der Waals surface area contributed by atoms with Crippen LogP contribution in [0.25, 0.3) is 11.0 Å². The molecular formula is C21H16F6N6. The molecule has 0 amide bonds. The van der Waals surface area contributed by atoms with Crippen LogP contribution in [0.15, 0.2) is 41.7 Å². The molecule has 0 saturated heterocycles. The third kappa shape index (κ3) is 3.53. The number of aliphatic imine (C=N–C) groups is 1. The number of nitrogens with zero attached hydrogens (tertiary/aromatic N) is 4. The SMILES string of the molecule is NC1=N[C@@](c2cc(Nc3nccc4nc(C(F)(F)F)cnc34)ccc2F)(C(F)F)[C@H]2C[C@H]2C1. The van der Waals surface area contributed by atoms with Crippen LogP contribution in [0.3, 0.4) is 0 Å². The zero-order valence-electron chi connectivity index (χ0n) is 16.7. The fourth-order valence-electron chi connectivity index (χ4n) is 4.46. The Kier molecular flexibility index (Phi) is 4.73. The maximum atomic E-state index is 14.8. The number of anilines is 2. The van der Waals surface area contributed by atoms with Gasteiger partial charge in [-0.05, 0) is 42.5 Å². The number of benzene rings is 1. The van der Waals surface area contributed by atoms with Crippen LogP contribution in [0.1, 0.15) is 24.1 Å². The van der Waals surface area contributed by atoms with Crippen molar-refractivity contribution >= 4 is 28.4 Å². The summed E-state index contributed by atoms with van der Waals surface area (Å²) in [6.07, 6.45) is -4.99. The number of hydrogen-bond donors (Lipinski definition) is 2. The summed E-state index contributed by atoms with van der Waals surface area (Å²) in [4.78, 5) is 15.4. The molecule has 1 aliphatic carbocycles. The van der Waals surface area contributed by atoms with Gasteiger partial charge in [0.1, 0.15) is 11.3 Å². The summed E-state index contributed by atoms with van der Waals surface area (Å²) in [5.41, 5.74) is 2.37. The van der Waals surface area contributed by atoms with Crippen molar-refractivity contribution in [2.75, 3.05) is 5.32 Å². The van der Waals surface area contributed by atoms with Gasteiger partial charge in [-0.15, -0.1) is 0 Å². The molecule has 0 bridgehead atoms. The molecule has 1 fully saturated rings. The van der Waals surface area contributed by atoms with E-state index in [1.807, 2.05) is 0 Å². The molecule has 172 valence electrons. The number of hydrogen-bond acceptors (Lipinski definition) is 6. The second kappa shape index (κ2) is 7.29. The first kappa shape index (κ1) is 21.4. The van der Waals surface area contributed by atoms with Crippen LogP contribution >= 0.6 is 0 Å². The third-order valence-corrected chi connectivity index (χ3v) is 6.03. The van der Waals surface area contributed by atoms with Crippen LogP contribution < -0.4 is 11.1 Å². The molecule has 3 N–H and O–H groups in total. The molecule has 3 atom stereocenters. The molecule has 5 rings (SSSR count). The van der Waals surface area contributed by atoms with Gasteiger partial charge in [0.25, 0.3) is 6.43 Å². The maximum Gasteiger partial charge on any atom is 0.434 e. The number of amidine groups is 1. The first-order valence-corrected chi connectivity index (χ1v) is 9.98. The van der Waals surface area contributed by atoms with E-state index >= 15 is 0 Å². The van der Waals surface area contributed by atoms with E-state index in [-0.39, 0.29) is 39.9 Å². The highest BCUT2D eigenvalue weighted by Crippen LogP contribution is 2.60. The lowest BCUT2D eigenvalue weighted by Crippen LogP contribution is -2.41. The molecule has 3 aromatic rings. The van der Waals surface area contributed by atoms with E-state index in [9.17, 15) is 26.3 Å². The summed E-state index contributed by atoms with van der Waals surface area (Å²) >= 11 is 0. The quantitative estimate of drug-likeness (QED) is 0.540. The van der Waals surface area contributed by atoms with E-state index in [1.165, 1.54) is 24.4 Å². The lowest BCUT2D eigenvalue weighted by atomic mass is 9.82. The van der Waals surface area contributed by atoms with E-state index < -0.39 is 35.6 Å². The van der Waals surface area contributed by atoms with Gasteiger partial charge in [0.2, 0.25) is 0 Å². The van der Waals surface area contributed by atoms with Gasteiger partial charge in [0.15, 0.2) is 17.1 Å². The van der Waals surface area contributed by atoms with E-state index in [4.69, 9.17) is 5.73 Å². The Balaban J connectivity index is 1.56. The molecule has 1 saturated carbocycles. The lowest BCUT2D eigenvalue weighted by Gasteiger charge is -2.34. The van der Waals surface area contributed by atoms with E-state index in [1.54, 1.807) is 0 Å². The number of fused-ring (bicyclic) bond motifs is 2. The van der Waals surface area contributed by atoms with Crippen molar-refractivity contribution in [3.63, 3.8) is 0 Å². The average Bonchev–Trinajstić information content (AvgIpc) is 3.53. The Bertz CT molecular complexity index is 1280. The molecule has 2 aromatic heterocycles. The number of nitrogens with two attached hydrogens (primary N) is 1. The summed E-state index contributed by atoms with van der Waals surface area (Å²) in [6.45, 7) is 0. The van der Waals surface area contributed by atoms with Crippen molar-refractivity contribution in [2.45, 2.75) is 31.0 Å².